The number of rotatable bonds is 6. The monoisotopic (exact) mass is 314 g/mol. The van der Waals surface area contributed by atoms with Crippen LogP contribution in [0.25, 0.3) is 6.08 Å². The third-order valence-electron chi connectivity index (χ3n) is 3.44. The number of hydrogen-bond acceptors (Lipinski definition) is 3. The van der Waals surface area contributed by atoms with Gasteiger partial charge in [0, 0.05) is 23.5 Å². The topological polar surface area (TPSA) is 34.5 Å². The second-order valence-corrected chi connectivity index (χ2v) is 5.15. The van der Waals surface area contributed by atoms with E-state index in [9.17, 15) is 0 Å². The van der Waals surface area contributed by atoms with E-state index in [2.05, 4.69) is 10.1 Å². The minimum Gasteiger partial charge on any atom is -0.391 e. The van der Waals surface area contributed by atoms with Crippen LogP contribution in [0.1, 0.15) is 16.7 Å². The summed E-state index contributed by atoms with van der Waals surface area (Å²) in [6.07, 6.45) is 7.48. The molecule has 0 saturated heterocycles. The maximum Gasteiger partial charge on any atom is 0.135 e. The van der Waals surface area contributed by atoms with Crippen LogP contribution < -0.4 is 0 Å². The van der Waals surface area contributed by atoms with Gasteiger partial charge < -0.3 is 4.84 Å². The molecule has 24 heavy (non-hydrogen) atoms. The molecule has 118 valence electrons. The fraction of sp³-hybridized carbons (Fsp3) is 0.0476. The molecular weight excluding hydrogens is 296 g/mol. The van der Waals surface area contributed by atoms with Gasteiger partial charge >= 0.3 is 0 Å². The summed E-state index contributed by atoms with van der Waals surface area (Å²) >= 11 is 0. The lowest BCUT2D eigenvalue weighted by Gasteiger charge is -2.06. The Morgan fingerprint density at radius 3 is 2.17 bits per heavy atom. The Balaban J connectivity index is 1.72. The first kappa shape index (κ1) is 15.7. The van der Waals surface area contributed by atoms with E-state index in [1.807, 2.05) is 84.9 Å². The average molecular weight is 314 g/mol. The van der Waals surface area contributed by atoms with Crippen molar-refractivity contribution in [3.05, 3.63) is 108 Å². The normalized spacial score (nSPS) is 11.6. The van der Waals surface area contributed by atoms with Crippen LogP contribution in [0.15, 0.2) is 96.4 Å². The lowest BCUT2D eigenvalue weighted by atomic mass is 10.0. The minimum absolute atomic E-state index is 0.413. The van der Waals surface area contributed by atoms with Crippen molar-refractivity contribution in [3.8, 4) is 0 Å². The summed E-state index contributed by atoms with van der Waals surface area (Å²) in [7, 11) is 0. The first-order valence-corrected chi connectivity index (χ1v) is 7.81. The molecule has 0 amide bonds. The summed E-state index contributed by atoms with van der Waals surface area (Å²) in [5, 5.41) is 4.33. The fourth-order valence-electron chi connectivity index (χ4n) is 2.27. The van der Waals surface area contributed by atoms with Crippen LogP contribution in [0.4, 0.5) is 0 Å². The van der Waals surface area contributed by atoms with Crippen molar-refractivity contribution in [2.75, 3.05) is 6.61 Å². The Labute approximate surface area is 141 Å². The van der Waals surface area contributed by atoms with Crippen molar-refractivity contribution in [3.63, 3.8) is 0 Å². The summed E-state index contributed by atoms with van der Waals surface area (Å²) in [5.41, 5.74) is 3.92. The van der Waals surface area contributed by atoms with Gasteiger partial charge in [0.15, 0.2) is 0 Å². The van der Waals surface area contributed by atoms with E-state index in [1.54, 1.807) is 12.4 Å². The molecule has 3 aromatic rings. The number of benzene rings is 2. The van der Waals surface area contributed by atoms with Crippen LogP contribution in [-0.2, 0) is 4.84 Å². The van der Waals surface area contributed by atoms with Gasteiger partial charge in [0.1, 0.15) is 12.3 Å². The molecule has 0 radical (unpaired) electrons. The van der Waals surface area contributed by atoms with Crippen molar-refractivity contribution < 1.29 is 4.84 Å². The Morgan fingerprint density at radius 1 is 0.833 bits per heavy atom. The van der Waals surface area contributed by atoms with Gasteiger partial charge in [-0.3, -0.25) is 4.98 Å². The van der Waals surface area contributed by atoms with E-state index in [0.29, 0.717) is 6.61 Å². The number of hydrogen-bond donors (Lipinski definition) is 0. The maximum absolute atomic E-state index is 5.51. The Kier molecular flexibility index (Phi) is 5.51. The van der Waals surface area contributed by atoms with Gasteiger partial charge in [-0.15, -0.1) is 0 Å². The van der Waals surface area contributed by atoms with Crippen LogP contribution in [-0.4, -0.2) is 17.3 Å². The summed E-state index contributed by atoms with van der Waals surface area (Å²) in [6.45, 7) is 0.413. The Hall–Kier alpha value is -3.20. The van der Waals surface area contributed by atoms with Gasteiger partial charge in [0.2, 0.25) is 0 Å². The number of pyridine rings is 1. The van der Waals surface area contributed by atoms with Gasteiger partial charge in [-0.05, 0) is 23.8 Å². The largest absolute Gasteiger partial charge is 0.391 e. The predicted molar refractivity (Wildman–Crippen MR) is 97.7 cm³/mol. The lowest BCUT2D eigenvalue weighted by molar-refractivity contribution is 0.175. The third kappa shape index (κ3) is 4.40. The van der Waals surface area contributed by atoms with Crippen molar-refractivity contribution in [2.24, 2.45) is 5.16 Å². The molecule has 0 fully saturated rings. The van der Waals surface area contributed by atoms with Crippen LogP contribution in [0.2, 0.25) is 0 Å². The van der Waals surface area contributed by atoms with Gasteiger partial charge in [-0.25, -0.2) is 0 Å². The van der Waals surface area contributed by atoms with Gasteiger partial charge in [0.25, 0.3) is 0 Å². The predicted octanol–water partition coefficient (Wildman–Crippen LogP) is 4.56. The maximum atomic E-state index is 5.51. The highest BCUT2D eigenvalue weighted by Crippen LogP contribution is 2.10. The molecule has 1 heterocycles. The fourth-order valence-corrected chi connectivity index (χ4v) is 2.27. The molecule has 3 rings (SSSR count). The van der Waals surface area contributed by atoms with E-state index >= 15 is 0 Å². The van der Waals surface area contributed by atoms with Gasteiger partial charge in [0.05, 0.1) is 0 Å². The second kappa shape index (κ2) is 8.44. The minimum atomic E-state index is 0.413. The summed E-state index contributed by atoms with van der Waals surface area (Å²) in [4.78, 5) is 9.56. The molecule has 3 nitrogen and oxygen atoms in total. The van der Waals surface area contributed by atoms with Crippen LogP contribution in [0.5, 0.6) is 0 Å². The quantitative estimate of drug-likeness (QED) is 0.379. The smallest absolute Gasteiger partial charge is 0.135 e. The molecule has 0 saturated carbocycles. The summed E-state index contributed by atoms with van der Waals surface area (Å²) < 4.78 is 0. The average Bonchev–Trinajstić information content (AvgIpc) is 2.67. The van der Waals surface area contributed by atoms with Gasteiger partial charge in [-0.2, -0.15) is 0 Å². The molecular formula is C21H18N2O. The van der Waals surface area contributed by atoms with E-state index in [0.717, 1.165) is 22.4 Å². The van der Waals surface area contributed by atoms with E-state index < -0.39 is 0 Å². The second-order valence-electron chi connectivity index (χ2n) is 5.15. The molecule has 0 unspecified atom stereocenters. The zero-order chi connectivity index (χ0) is 16.5. The zero-order valence-corrected chi connectivity index (χ0v) is 13.2. The number of aromatic nitrogens is 1. The van der Waals surface area contributed by atoms with Crippen molar-refractivity contribution in [1.82, 2.24) is 4.98 Å². The Morgan fingerprint density at radius 2 is 1.46 bits per heavy atom. The van der Waals surface area contributed by atoms with Gasteiger partial charge in [-0.1, -0.05) is 71.9 Å². The summed E-state index contributed by atoms with van der Waals surface area (Å²) in [6, 6.07) is 24.0. The molecule has 1 aromatic heterocycles. The molecule has 0 N–H and O–H groups in total. The highest BCUT2D eigenvalue weighted by molar-refractivity contribution is 6.12. The van der Waals surface area contributed by atoms with Crippen LogP contribution >= 0.6 is 0 Å². The molecule has 0 bridgehead atoms. The van der Waals surface area contributed by atoms with Crippen LogP contribution in [0, 0.1) is 0 Å². The standard InChI is InChI=1S/C21H18N2O/c1-3-8-18(9-4-1)10-7-17-24-23-21(19-11-5-2-6-12-19)20-13-15-22-16-14-20/h1-16H,17H2/b10-7+,23-21?. The zero-order valence-electron chi connectivity index (χ0n) is 13.2. The van der Waals surface area contributed by atoms with E-state index in [1.165, 1.54) is 0 Å². The number of oxime groups is 1. The Bertz CT molecular complexity index is 756. The first-order valence-electron chi connectivity index (χ1n) is 7.81. The molecule has 0 aliphatic rings. The number of nitrogens with zero attached hydrogens (tertiary/aromatic N) is 2. The molecule has 0 atom stereocenters. The van der Waals surface area contributed by atoms with E-state index in [4.69, 9.17) is 4.84 Å². The lowest BCUT2D eigenvalue weighted by Crippen LogP contribution is -2.04. The SMILES string of the molecule is C(=C\c1ccccc1)/CON=C(c1ccccc1)c1ccncc1. The first-order chi connectivity index (χ1) is 11.9. The molecule has 0 spiro atoms. The van der Waals surface area contributed by atoms with Crippen LogP contribution in [0.3, 0.4) is 0 Å². The van der Waals surface area contributed by atoms with E-state index in [-0.39, 0.29) is 0 Å². The summed E-state index contributed by atoms with van der Waals surface area (Å²) in [5.74, 6) is 0. The van der Waals surface area contributed by atoms with Crippen molar-refractivity contribution in [2.45, 2.75) is 0 Å². The highest BCUT2D eigenvalue weighted by atomic mass is 16.6. The van der Waals surface area contributed by atoms with Crippen molar-refractivity contribution >= 4 is 11.8 Å². The highest BCUT2D eigenvalue weighted by Gasteiger charge is 2.06. The molecule has 3 heteroatoms. The molecule has 2 aromatic carbocycles. The molecule has 0 aliphatic heterocycles. The van der Waals surface area contributed by atoms with Crippen molar-refractivity contribution in [1.29, 1.82) is 0 Å². The molecule has 0 aliphatic carbocycles. The third-order valence-corrected chi connectivity index (χ3v) is 3.44.